The molecule has 1 fully saturated rings. The fourth-order valence-corrected chi connectivity index (χ4v) is 2.79. The van der Waals surface area contributed by atoms with Crippen LogP contribution in [0.1, 0.15) is 36.2 Å². The molecule has 0 radical (unpaired) electrons. The molecule has 0 saturated carbocycles. The summed E-state index contributed by atoms with van der Waals surface area (Å²) in [5.74, 6) is -0.393. The number of halogens is 1. The molecule has 1 N–H and O–H groups in total. The van der Waals surface area contributed by atoms with E-state index in [-0.39, 0.29) is 12.3 Å². The van der Waals surface area contributed by atoms with Crippen LogP contribution in [0, 0.1) is 5.92 Å². The van der Waals surface area contributed by atoms with E-state index in [1.807, 2.05) is 0 Å². The van der Waals surface area contributed by atoms with Crippen LogP contribution >= 0.6 is 15.9 Å². The maximum absolute atomic E-state index is 12.3. The number of carboxylic acids is 1. The molecule has 6 heteroatoms. The lowest BCUT2D eigenvalue weighted by Gasteiger charge is -2.31. The number of carboxylic acid groups (broad SMARTS) is 1. The maximum atomic E-state index is 12.3. The lowest BCUT2D eigenvalue weighted by Crippen LogP contribution is -2.38. The minimum absolute atomic E-state index is 0.0528. The quantitative estimate of drug-likeness (QED) is 0.855. The number of aliphatic carboxylic acids is 1. The van der Waals surface area contributed by atoms with Gasteiger partial charge in [0.05, 0.1) is 0 Å². The second kappa shape index (κ2) is 6.83. The van der Waals surface area contributed by atoms with Gasteiger partial charge in [0.15, 0.2) is 0 Å². The topological polar surface area (TPSA) is 70.5 Å². The molecule has 0 bridgehead atoms. The van der Waals surface area contributed by atoms with E-state index in [1.54, 1.807) is 23.1 Å². The van der Waals surface area contributed by atoms with Gasteiger partial charge in [-0.15, -0.1) is 0 Å². The monoisotopic (exact) mass is 340 g/mol. The second-order valence-electron chi connectivity index (χ2n) is 5.01. The lowest BCUT2D eigenvalue weighted by atomic mass is 9.92. The molecule has 1 aromatic heterocycles. The number of hydrogen-bond acceptors (Lipinski definition) is 3. The van der Waals surface area contributed by atoms with Gasteiger partial charge in [0, 0.05) is 19.5 Å². The van der Waals surface area contributed by atoms with Crippen LogP contribution in [0.3, 0.4) is 0 Å². The van der Waals surface area contributed by atoms with E-state index >= 15 is 0 Å². The standard InChI is InChI=1S/C14H17BrN2O3/c15-12-3-1-2-11(16-12)14(20)17-8-6-10(7-9-17)4-5-13(18)19/h1-3,10H,4-9H2,(H,18,19). The van der Waals surface area contributed by atoms with E-state index in [0.717, 1.165) is 12.8 Å². The fourth-order valence-electron chi connectivity index (χ4n) is 2.44. The van der Waals surface area contributed by atoms with Gasteiger partial charge in [-0.2, -0.15) is 0 Å². The molecular weight excluding hydrogens is 324 g/mol. The Morgan fingerprint density at radius 3 is 2.65 bits per heavy atom. The van der Waals surface area contributed by atoms with Crippen LogP contribution in [-0.2, 0) is 4.79 Å². The average Bonchev–Trinajstić information content (AvgIpc) is 2.45. The largest absolute Gasteiger partial charge is 0.481 e. The number of rotatable bonds is 4. The van der Waals surface area contributed by atoms with Gasteiger partial charge in [-0.3, -0.25) is 9.59 Å². The Morgan fingerprint density at radius 1 is 1.35 bits per heavy atom. The Bertz CT molecular complexity index is 499. The third-order valence-corrected chi connectivity index (χ3v) is 4.04. The zero-order chi connectivity index (χ0) is 14.5. The Balaban J connectivity index is 1.87. The number of likely N-dealkylation sites (tertiary alicyclic amines) is 1. The summed E-state index contributed by atoms with van der Waals surface area (Å²) in [6.07, 6.45) is 2.65. The predicted molar refractivity (Wildman–Crippen MR) is 77.4 cm³/mol. The van der Waals surface area contributed by atoms with Crippen LogP contribution in [0.2, 0.25) is 0 Å². The zero-order valence-electron chi connectivity index (χ0n) is 11.1. The van der Waals surface area contributed by atoms with Crippen LogP contribution in [0.5, 0.6) is 0 Å². The summed E-state index contributed by atoms with van der Waals surface area (Å²) in [5.41, 5.74) is 0.448. The molecule has 1 aromatic rings. The first kappa shape index (κ1) is 15.0. The van der Waals surface area contributed by atoms with Crippen LogP contribution < -0.4 is 0 Å². The van der Waals surface area contributed by atoms with Gasteiger partial charge in [0.1, 0.15) is 10.3 Å². The van der Waals surface area contributed by atoms with E-state index in [0.29, 0.717) is 35.7 Å². The maximum Gasteiger partial charge on any atom is 0.303 e. The Labute approximate surface area is 126 Å². The first-order valence-electron chi connectivity index (χ1n) is 6.70. The number of amides is 1. The van der Waals surface area contributed by atoms with E-state index in [4.69, 9.17) is 5.11 Å². The van der Waals surface area contributed by atoms with E-state index in [1.165, 1.54) is 0 Å². The molecule has 5 nitrogen and oxygen atoms in total. The molecule has 2 heterocycles. The molecule has 1 amide bonds. The van der Waals surface area contributed by atoms with Crippen molar-refractivity contribution in [1.29, 1.82) is 0 Å². The average molecular weight is 341 g/mol. The van der Waals surface area contributed by atoms with Gasteiger partial charge in [-0.1, -0.05) is 6.07 Å². The normalized spacial score (nSPS) is 16.1. The first-order valence-corrected chi connectivity index (χ1v) is 7.49. The van der Waals surface area contributed by atoms with Crippen molar-refractivity contribution in [3.05, 3.63) is 28.5 Å². The molecular formula is C14H17BrN2O3. The highest BCUT2D eigenvalue weighted by Crippen LogP contribution is 2.23. The Hall–Kier alpha value is -1.43. The highest BCUT2D eigenvalue weighted by Gasteiger charge is 2.24. The van der Waals surface area contributed by atoms with Gasteiger partial charge in [-0.05, 0) is 53.2 Å². The first-order chi connectivity index (χ1) is 9.56. The molecule has 0 aromatic carbocycles. The van der Waals surface area contributed by atoms with Crippen molar-refractivity contribution in [2.45, 2.75) is 25.7 Å². The fraction of sp³-hybridized carbons (Fsp3) is 0.500. The summed E-state index contributed by atoms with van der Waals surface area (Å²) in [6.45, 7) is 1.36. The summed E-state index contributed by atoms with van der Waals surface area (Å²) >= 11 is 3.26. The number of pyridine rings is 1. The molecule has 0 atom stereocenters. The summed E-state index contributed by atoms with van der Waals surface area (Å²) < 4.78 is 0.652. The Morgan fingerprint density at radius 2 is 2.05 bits per heavy atom. The number of aromatic nitrogens is 1. The number of piperidine rings is 1. The number of nitrogens with zero attached hydrogens (tertiary/aromatic N) is 2. The van der Waals surface area contributed by atoms with E-state index < -0.39 is 5.97 Å². The summed E-state index contributed by atoms with van der Waals surface area (Å²) in [4.78, 5) is 28.8. The van der Waals surface area contributed by atoms with Crippen molar-refractivity contribution in [2.24, 2.45) is 5.92 Å². The molecule has 1 aliphatic heterocycles. The van der Waals surface area contributed by atoms with Crippen molar-refractivity contribution in [1.82, 2.24) is 9.88 Å². The van der Waals surface area contributed by atoms with Crippen LogP contribution in [-0.4, -0.2) is 40.0 Å². The van der Waals surface area contributed by atoms with Crippen molar-refractivity contribution >= 4 is 27.8 Å². The molecule has 2 rings (SSSR count). The van der Waals surface area contributed by atoms with E-state index in [2.05, 4.69) is 20.9 Å². The minimum Gasteiger partial charge on any atom is -0.481 e. The van der Waals surface area contributed by atoms with Crippen molar-refractivity contribution < 1.29 is 14.7 Å². The smallest absolute Gasteiger partial charge is 0.303 e. The molecule has 1 aliphatic rings. The Kier molecular flexibility index (Phi) is 5.11. The molecule has 0 unspecified atom stereocenters. The molecule has 108 valence electrons. The molecule has 1 saturated heterocycles. The van der Waals surface area contributed by atoms with Crippen molar-refractivity contribution in [2.75, 3.05) is 13.1 Å². The van der Waals surface area contributed by atoms with Crippen molar-refractivity contribution in [3.63, 3.8) is 0 Å². The third kappa shape index (κ3) is 4.03. The van der Waals surface area contributed by atoms with Crippen LogP contribution in [0.4, 0.5) is 0 Å². The molecule has 0 spiro atoms. The van der Waals surface area contributed by atoms with Gasteiger partial charge >= 0.3 is 5.97 Å². The van der Waals surface area contributed by atoms with Gasteiger partial charge in [0.25, 0.3) is 5.91 Å². The predicted octanol–water partition coefficient (Wildman–Crippen LogP) is 2.56. The summed E-state index contributed by atoms with van der Waals surface area (Å²) in [7, 11) is 0. The highest BCUT2D eigenvalue weighted by molar-refractivity contribution is 9.10. The highest BCUT2D eigenvalue weighted by atomic mass is 79.9. The zero-order valence-corrected chi connectivity index (χ0v) is 12.7. The molecule has 20 heavy (non-hydrogen) atoms. The number of hydrogen-bond donors (Lipinski definition) is 1. The van der Waals surface area contributed by atoms with Gasteiger partial charge < -0.3 is 10.0 Å². The summed E-state index contributed by atoms with van der Waals surface area (Å²) in [6, 6.07) is 5.29. The number of carbonyl (C=O) groups is 2. The van der Waals surface area contributed by atoms with E-state index in [9.17, 15) is 9.59 Å². The third-order valence-electron chi connectivity index (χ3n) is 3.60. The van der Waals surface area contributed by atoms with Crippen molar-refractivity contribution in [3.8, 4) is 0 Å². The number of carbonyl (C=O) groups excluding carboxylic acids is 1. The van der Waals surface area contributed by atoms with Crippen LogP contribution in [0.15, 0.2) is 22.8 Å². The summed E-state index contributed by atoms with van der Waals surface area (Å²) in [5, 5.41) is 8.68. The molecule has 0 aliphatic carbocycles. The second-order valence-corrected chi connectivity index (χ2v) is 5.83. The van der Waals surface area contributed by atoms with Gasteiger partial charge in [-0.25, -0.2) is 4.98 Å². The SMILES string of the molecule is O=C(O)CCC1CCN(C(=O)c2cccc(Br)n2)CC1. The lowest BCUT2D eigenvalue weighted by molar-refractivity contribution is -0.137. The van der Waals surface area contributed by atoms with Gasteiger partial charge in [0.2, 0.25) is 0 Å². The van der Waals surface area contributed by atoms with Crippen LogP contribution in [0.25, 0.3) is 0 Å². The minimum atomic E-state index is -0.748.